The molecule has 4 heteroatoms. The van der Waals surface area contributed by atoms with Gasteiger partial charge in [-0.3, -0.25) is 4.68 Å². The van der Waals surface area contributed by atoms with Crippen LogP contribution in [0.25, 0.3) is 11.1 Å². The van der Waals surface area contributed by atoms with Crippen LogP contribution in [0.4, 0.5) is 0 Å². The summed E-state index contributed by atoms with van der Waals surface area (Å²) >= 11 is 2.36. The third-order valence-corrected chi connectivity index (χ3v) is 4.01. The van der Waals surface area contributed by atoms with Gasteiger partial charge in [0.25, 0.3) is 0 Å². The van der Waals surface area contributed by atoms with Gasteiger partial charge in [-0.05, 0) is 40.6 Å². The lowest BCUT2D eigenvalue weighted by molar-refractivity contribution is 0.184. The topological polar surface area (TPSA) is 27.1 Å². The quantitative estimate of drug-likeness (QED) is 0.786. The molecule has 1 aliphatic rings. The van der Waals surface area contributed by atoms with Gasteiger partial charge in [0.15, 0.2) is 0 Å². The van der Waals surface area contributed by atoms with Gasteiger partial charge in [-0.1, -0.05) is 18.2 Å². The van der Waals surface area contributed by atoms with Crippen molar-refractivity contribution in [2.75, 3.05) is 13.2 Å². The Morgan fingerprint density at radius 1 is 1.35 bits per heavy atom. The first-order chi connectivity index (χ1) is 8.34. The van der Waals surface area contributed by atoms with E-state index in [4.69, 9.17) is 4.74 Å². The highest BCUT2D eigenvalue weighted by molar-refractivity contribution is 14.1. The second-order valence-corrected chi connectivity index (χ2v) is 5.37. The van der Waals surface area contributed by atoms with Crippen LogP contribution in [0, 0.1) is 3.57 Å². The van der Waals surface area contributed by atoms with E-state index in [9.17, 15) is 0 Å². The Kier molecular flexibility index (Phi) is 3.15. The van der Waals surface area contributed by atoms with Crippen LogP contribution in [-0.2, 0) is 4.74 Å². The first-order valence-corrected chi connectivity index (χ1v) is 6.79. The number of ether oxygens (including phenoxy) is 1. The molecule has 0 N–H and O–H groups in total. The molecular formula is C13H13IN2O. The Hall–Kier alpha value is -0.880. The summed E-state index contributed by atoms with van der Waals surface area (Å²) in [6.07, 6.45) is 5.12. The number of nitrogens with zero attached hydrogens (tertiary/aromatic N) is 2. The van der Waals surface area contributed by atoms with Gasteiger partial charge >= 0.3 is 0 Å². The second-order valence-electron chi connectivity index (χ2n) is 4.21. The number of rotatable bonds is 2. The largest absolute Gasteiger partial charge is 0.379 e. The SMILES string of the molecule is Ic1ccccc1-c1cnn(C2CCOC2)c1. The molecular weight excluding hydrogens is 327 g/mol. The molecule has 1 aromatic carbocycles. The van der Waals surface area contributed by atoms with Crippen LogP contribution >= 0.6 is 22.6 Å². The fourth-order valence-corrected chi connectivity index (χ4v) is 2.80. The van der Waals surface area contributed by atoms with E-state index in [1.165, 1.54) is 14.7 Å². The van der Waals surface area contributed by atoms with Gasteiger partial charge in [-0.2, -0.15) is 5.10 Å². The van der Waals surface area contributed by atoms with Crippen LogP contribution < -0.4 is 0 Å². The summed E-state index contributed by atoms with van der Waals surface area (Å²) in [7, 11) is 0. The van der Waals surface area contributed by atoms with Gasteiger partial charge in [0.05, 0.1) is 18.8 Å². The third-order valence-electron chi connectivity index (χ3n) is 3.07. The lowest BCUT2D eigenvalue weighted by Gasteiger charge is -2.07. The molecule has 1 saturated heterocycles. The Labute approximate surface area is 114 Å². The van der Waals surface area contributed by atoms with Crippen molar-refractivity contribution in [3.05, 3.63) is 40.2 Å². The van der Waals surface area contributed by atoms with Gasteiger partial charge in [-0.15, -0.1) is 0 Å². The van der Waals surface area contributed by atoms with E-state index in [-0.39, 0.29) is 0 Å². The highest BCUT2D eigenvalue weighted by atomic mass is 127. The predicted molar refractivity (Wildman–Crippen MR) is 74.9 cm³/mol. The van der Waals surface area contributed by atoms with E-state index < -0.39 is 0 Å². The average molecular weight is 340 g/mol. The molecule has 0 amide bonds. The summed E-state index contributed by atoms with van der Waals surface area (Å²) in [6.45, 7) is 1.63. The first-order valence-electron chi connectivity index (χ1n) is 5.71. The number of benzene rings is 1. The summed E-state index contributed by atoms with van der Waals surface area (Å²) in [4.78, 5) is 0. The zero-order valence-corrected chi connectivity index (χ0v) is 11.5. The van der Waals surface area contributed by atoms with Gasteiger partial charge in [-0.25, -0.2) is 0 Å². The predicted octanol–water partition coefficient (Wildman–Crippen LogP) is 3.12. The molecule has 0 bridgehead atoms. The molecule has 0 saturated carbocycles. The highest BCUT2D eigenvalue weighted by Crippen LogP contribution is 2.26. The molecule has 1 aliphatic heterocycles. The normalized spacial score (nSPS) is 19.7. The Morgan fingerprint density at radius 3 is 3.00 bits per heavy atom. The van der Waals surface area contributed by atoms with Crippen molar-refractivity contribution in [2.45, 2.75) is 12.5 Å². The molecule has 17 heavy (non-hydrogen) atoms. The molecule has 2 heterocycles. The van der Waals surface area contributed by atoms with E-state index in [2.05, 4.69) is 58.2 Å². The Morgan fingerprint density at radius 2 is 2.24 bits per heavy atom. The van der Waals surface area contributed by atoms with Crippen molar-refractivity contribution < 1.29 is 4.74 Å². The van der Waals surface area contributed by atoms with Gasteiger partial charge < -0.3 is 4.74 Å². The van der Waals surface area contributed by atoms with Crippen LogP contribution in [0.2, 0.25) is 0 Å². The van der Waals surface area contributed by atoms with Crippen LogP contribution in [0.3, 0.4) is 0 Å². The Balaban J connectivity index is 1.92. The van der Waals surface area contributed by atoms with Crippen LogP contribution in [-0.4, -0.2) is 23.0 Å². The average Bonchev–Trinajstić information content (AvgIpc) is 3.00. The molecule has 0 aliphatic carbocycles. The van der Waals surface area contributed by atoms with Gasteiger partial charge in [0.1, 0.15) is 0 Å². The van der Waals surface area contributed by atoms with Crippen molar-refractivity contribution in [2.24, 2.45) is 0 Å². The van der Waals surface area contributed by atoms with Crippen LogP contribution in [0.5, 0.6) is 0 Å². The highest BCUT2D eigenvalue weighted by Gasteiger charge is 2.18. The van der Waals surface area contributed by atoms with E-state index in [0.29, 0.717) is 6.04 Å². The minimum Gasteiger partial charge on any atom is -0.379 e. The maximum Gasteiger partial charge on any atom is 0.0774 e. The molecule has 3 nitrogen and oxygen atoms in total. The fourth-order valence-electron chi connectivity index (χ4n) is 2.10. The molecule has 3 rings (SSSR count). The maximum absolute atomic E-state index is 5.39. The van der Waals surface area contributed by atoms with Gasteiger partial charge in [0.2, 0.25) is 0 Å². The number of halogens is 1. The van der Waals surface area contributed by atoms with Crippen molar-refractivity contribution in [1.82, 2.24) is 9.78 Å². The van der Waals surface area contributed by atoms with Crippen molar-refractivity contribution in [3.63, 3.8) is 0 Å². The molecule has 2 aromatic rings. The van der Waals surface area contributed by atoms with E-state index >= 15 is 0 Å². The van der Waals surface area contributed by atoms with Crippen LogP contribution in [0.15, 0.2) is 36.7 Å². The van der Waals surface area contributed by atoms with Crippen LogP contribution in [0.1, 0.15) is 12.5 Å². The molecule has 0 spiro atoms. The third kappa shape index (κ3) is 2.24. The van der Waals surface area contributed by atoms with Crippen molar-refractivity contribution in [3.8, 4) is 11.1 Å². The summed E-state index contributed by atoms with van der Waals surface area (Å²) in [6, 6.07) is 8.78. The summed E-state index contributed by atoms with van der Waals surface area (Å²) in [5.74, 6) is 0. The maximum atomic E-state index is 5.39. The standard InChI is InChI=1S/C13H13IN2O/c14-13-4-2-1-3-12(13)10-7-15-16(8-10)11-5-6-17-9-11/h1-4,7-8,11H,5-6,9H2. The fraction of sp³-hybridized carbons (Fsp3) is 0.308. The summed E-state index contributed by atoms with van der Waals surface area (Å²) in [5, 5.41) is 4.45. The van der Waals surface area contributed by atoms with E-state index in [1.807, 2.05) is 10.9 Å². The zero-order chi connectivity index (χ0) is 11.7. The molecule has 1 unspecified atom stereocenters. The summed E-state index contributed by atoms with van der Waals surface area (Å²) in [5.41, 5.74) is 2.43. The van der Waals surface area contributed by atoms with E-state index in [0.717, 1.165) is 19.6 Å². The van der Waals surface area contributed by atoms with Crippen molar-refractivity contribution >= 4 is 22.6 Å². The van der Waals surface area contributed by atoms with E-state index in [1.54, 1.807) is 0 Å². The molecule has 1 atom stereocenters. The lowest BCUT2D eigenvalue weighted by atomic mass is 10.1. The monoisotopic (exact) mass is 340 g/mol. The first kappa shape index (κ1) is 11.2. The molecule has 0 radical (unpaired) electrons. The number of hydrogen-bond acceptors (Lipinski definition) is 2. The minimum absolute atomic E-state index is 0.408. The Bertz CT molecular complexity index is 518. The lowest BCUT2D eigenvalue weighted by Crippen LogP contribution is -2.08. The molecule has 88 valence electrons. The summed E-state index contributed by atoms with van der Waals surface area (Å²) < 4.78 is 8.68. The van der Waals surface area contributed by atoms with Crippen molar-refractivity contribution in [1.29, 1.82) is 0 Å². The molecule has 1 fully saturated rings. The molecule has 1 aromatic heterocycles. The number of hydrogen-bond donors (Lipinski definition) is 0. The van der Waals surface area contributed by atoms with Gasteiger partial charge in [0, 0.05) is 21.9 Å². The second kappa shape index (κ2) is 4.78. The minimum atomic E-state index is 0.408. The number of aromatic nitrogens is 2. The zero-order valence-electron chi connectivity index (χ0n) is 9.34. The smallest absolute Gasteiger partial charge is 0.0774 e.